The highest BCUT2D eigenvalue weighted by molar-refractivity contribution is 6.04. The molecule has 0 unspecified atom stereocenters. The van der Waals surface area contributed by atoms with Crippen molar-refractivity contribution in [3.05, 3.63) is 72.1 Å². The SMILES string of the molecule is CCOC(=O)[C@@H](NC(=O)[C@@H]1[C@@H]2CC[C@@H](C2)[C@H]1C1=NC=C(c2ccc(-c3ccc(C4=CN=C([C@@H]5CCCN5C(=O)[C@@H](CC(=O)OC)C(C)C)C4)cc3)cc2)C1)C(C)C. The number of nitrogens with one attached hydrogen (secondary N) is 1. The Morgan fingerprint density at radius 1 is 0.789 bits per heavy atom. The molecule has 1 saturated heterocycles. The molecule has 2 aliphatic carbocycles. The summed E-state index contributed by atoms with van der Waals surface area (Å²) in [6.45, 7) is 10.6. The zero-order valence-corrected chi connectivity index (χ0v) is 34.3. The number of amides is 2. The van der Waals surface area contributed by atoms with Crippen LogP contribution in [0.1, 0.15) is 97.1 Å². The highest BCUT2D eigenvalue weighted by atomic mass is 16.5. The Balaban J connectivity index is 0.949. The molecule has 2 saturated carbocycles. The van der Waals surface area contributed by atoms with Crippen molar-refractivity contribution in [1.82, 2.24) is 10.2 Å². The molecule has 3 heterocycles. The van der Waals surface area contributed by atoms with Crippen LogP contribution < -0.4 is 5.32 Å². The molecule has 1 N–H and O–H groups in total. The second-order valence-corrected chi connectivity index (χ2v) is 17.2. The summed E-state index contributed by atoms with van der Waals surface area (Å²) in [6, 6.07) is 16.5. The third-order valence-electron chi connectivity index (χ3n) is 13.1. The largest absolute Gasteiger partial charge is 0.469 e. The topological polar surface area (TPSA) is 127 Å². The summed E-state index contributed by atoms with van der Waals surface area (Å²) in [4.78, 5) is 63.9. The zero-order chi connectivity index (χ0) is 40.4. The van der Waals surface area contributed by atoms with Crippen molar-refractivity contribution in [2.24, 2.45) is 51.4 Å². The molecule has 2 amide bonds. The standard InChI is InChI=1S/C47H58N4O6/c1-7-57-47(55)44(28(4)5)50-45(53)43-34-19-18-33(21-34)42(43)39-23-36(26-49-39)32-16-12-30(13-17-32)29-10-14-31(15-11-29)35-22-38(48-25-35)40-9-8-20-51(40)46(54)37(27(2)3)24-41(52)56-6/h10-17,25-28,33-34,37,40,42-44H,7-9,18-24H2,1-6H3,(H,50,53)/t33-,34+,37-,40-,42-,43+,44-/m0/s1. The number of fused-ring (bicyclic) bond motifs is 2. The molecule has 0 spiro atoms. The third-order valence-corrected chi connectivity index (χ3v) is 13.1. The first kappa shape index (κ1) is 40.3. The van der Waals surface area contributed by atoms with Gasteiger partial charge in [-0.15, -0.1) is 0 Å². The van der Waals surface area contributed by atoms with E-state index in [-0.39, 0.29) is 66.5 Å². The Morgan fingerprint density at radius 3 is 1.95 bits per heavy atom. The normalized spacial score (nSPS) is 24.9. The molecule has 2 bridgehead atoms. The summed E-state index contributed by atoms with van der Waals surface area (Å²) in [5.41, 5.74) is 8.90. The number of hydrogen-bond acceptors (Lipinski definition) is 8. The number of hydrogen-bond donors (Lipinski definition) is 1. The van der Waals surface area contributed by atoms with E-state index in [9.17, 15) is 19.2 Å². The fourth-order valence-electron chi connectivity index (χ4n) is 10.00. The van der Waals surface area contributed by atoms with Crippen molar-refractivity contribution in [2.75, 3.05) is 20.3 Å². The minimum absolute atomic E-state index is 0.0177. The number of nitrogens with zero attached hydrogens (tertiary/aromatic N) is 3. The highest BCUT2D eigenvalue weighted by Crippen LogP contribution is 2.54. The van der Waals surface area contributed by atoms with Crippen LogP contribution in [0.5, 0.6) is 0 Å². The van der Waals surface area contributed by atoms with E-state index in [1.807, 2.05) is 45.0 Å². The molecule has 10 nitrogen and oxygen atoms in total. The Bertz CT molecular complexity index is 1980. The quantitative estimate of drug-likeness (QED) is 0.195. The first-order chi connectivity index (χ1) is 27.5. The van der Waals surface area contributed by atoms with Gasteiger partial charge in [0, 0.05) is 55.0 Å². The molecule has 5 aliphatic rings. The lowest BCUT2D eigenvalue weighted by molar-refractivity contribution is -0.149. The maximum Gasteiger partial charge on any atom is 0.328 e. The number of esters is 2. The number of benzene rings is 2. The van der Waals surface area contributed by atoms with Crippen LogP contribution in [0.2, 0.25) is 0 Å². The van der Waals surface area contributed by atoms with Crippen molar-refractivity contribution >= 4 is 46.3 Å². The molecule has 0 aromatic heterocycles. The first-order valence-corrected chi connectivity index (χ1v) is 21.0. The van der Waals surface area contributed by atoms with Gasteiger partial charge in [-0.1, -0.05) is 76.2 Å². The van der Waals surface area contributed by atoms with Crippen LogP contribution in [-0.4, -0.2) is 72.4 Å². The number of allylic oxidation sites excluding steroid dienone is 2. The zero-order valence-electron chi connectivity index (χ0n) is 34.3. The van der Waals surface area contributed by atoms with Crippen molar-refractivity contribution in [2.45, 2.75) is 98.1 Å². The van der Waals surface area contributed by atoms with Crippen LogP contribution in [-0.2, 0) is 28.7 Å². The van der Waals surface area contributed by atoms with Gasteiger partial charge in [0.25, 0.3) is 0 Å². The number of methoxy groups -OCH3 is 1. The fourth-order valence-corrected chi connectivity index (χ4v) is 10.00. The van der Waals surface area contributed by atoms with Crippen LogP contribution in [0.3, 0.4) is 0 Å². The maximum absolute atomic E-state index is 13.8. The molecule has 57 heavy (non-hydrogen) atoms. The predicted octanol–water partition coefficient (Wildman–Crippen LogP) is 7.92. The van der Waals surface area contributed by atoms with Gasteiger partial charge < -0.3 is 19.7 Å². The molecule has 7 rings (SSSR count). The summed E-state index contributed by atoms with van der Waals surface area (Å²) >= 11 is 0. The van der Waals surface area contributed by atoms with Gasteiger partial charge in [-0.25, -0.2) is 4.79 Å². The molecule has 302 valence electrons. The monoisotopic (exact) mass is 774 g/mol. The Labute approximate surface area is 337 Å². The smallest absolute Gasteiger partial charge is 0.328 e. The molecular formula is C47H58N4O6. The molecule has 7 atom stereocenters. The molecule has 3 aliphatic heterocycles. The number of carbonyl (C=O) groups is 4. The fraction of sp³-hybridized carbons (Fsp3) is 0.532. The van der Waals surface area contributed by atoms with Crippen LogP contribution in [0, 0.1) is 41.4 Å². The molecular weight excluding hydrogens is 717 g/mol. The van der Waals surface area contributed by atoms with Crippen molar-refractivity contribution < 1.29 is 28.7 Å². The third kappa shape index (κ3) is 8.42. The predicted molar refractivity (Wildman–Crippen MR) is 223 cm³/mol. The summed E-state index contributed by atoms with van der Waals surface area (Å²) in [5.74, 6) is -0.478. The van der Waals surface area contributed by atoms with E-state index < -0.39 is 12.0 Å². The molecule has 10 heteroatoms. The Kier molecular flexibility index (Phi) is 12.3. The van der Waals surface area contributed by atoms with E-state index in [4.69, 9.17) is 19.5 Å². The minimum Gasteiger partial charge on any atom is -0.469 e. The van der Waals surface area contributed by atoms with Crippen molar-refractivity contribution in [3.63, 3.8) is 0 Å². The Morgan fingerprint density at radius 2 is 1.37 bits per heavy atom. The number of rotatable bonds is 14. The van der Waals surface area contributed by atoms with E-state index >= 15 is 0 Å². The number of aliphatic imine (C=N–C) groups is 2. The summed E-state index contributed by atoms with van der Waals surface area (Å²) in [5, 5.41) is 3.08. The minimum atomic E-state index is -0.649. The van der Waals surface area contributed by atoms with Gasteiger partial charge in [-0.05, 0) is 96.1 Å². The van der Waals surface area contributed by atoms with E-state index in [1.165, 1.54) is 7.11 Å². The lowest BCUT2D eigenvalue weighted by Crippen LogP contribution is -2.50. The van der Waals surface area contributed by atoms with Gasteiger partial charge in [-0.3, -0.25) is 24.4 Å². The van der Waals surface area contributed by atoms with Gasteiger partial charge in [0.2, 0.25) is 11.8 Å². The molecule has 0 radical (unpaired) electrons. The van der Waals surface area contributed by atoms with Crippen LogP contribution in [0.25, 0.3) is 22.3 Å². The number of carbonyl (C=O) groups excluding carboxylic acids is 4. The van der Waals surface area contributed by atoms with Crippen LogP contribution >= 0.6 is 0 Å². The molecule has 3 fully saturated rings. The average Bonchev–Trinajstić information content (AvgIpc) is 4.07. The van der Waals surface area contributed by atoms with Crippen LogP contribution in [0.15, 0.2) is 70.9 Å². The lowest BCUT2D eigenvalue weighted by Gasteiger charge is -2.32. The second-order valence-electron chi connectivity index (χ2n) is 17.2. The summed E-state index contributed by atoms with van der Waals surface area (Å²) in [6.07, 6.45) is 10.5. The molecule has 2 aromatic carbocycles. The Hall–Kier alpha value is -4.86. The van der Waals surface area contributed by atoms with Gasteiger partial charge in [0.05, 0.1) is 32.1 Å². The van der Waals surface area contributed by atoms with Gasteiger partial charge in [0.1, 0.15) is 6.04 Å². The number of ether oxygens (including phenoxy) is 2. The van der Waals surface area contributed by atoms with Gasteiger partial charge in [0.15, 0.2) is 0 Å². The van der Waals surface area contributed by atoms with E-state index in [0.717, 1.165) is 83.3 Å². The maximum atomic E-state index is 13.8. The van der Waals surface area contributed by atoms with Crippen molar-refractivity contribution in [1.29, 1.82) is 0 Å². The van der Waals surface area contributed by atoms with Gasteiger partial charge in [-0.2, -0.15) is 0 Å². The first-order valence-electron chi connectivity index (χ1n) is 21.0. The lowest BCUT2D eigenvalue weighted by atomic mass is 9.74. The summed E-state index contributed by atoms with van der Waals surface area (Å²) in [7, 11) is 1.37. The van der Waals surface area contributed by atoms with Crippen LogP contribution in [0.4, 0.5) is 0 Å². The van der Waals surface area contributed by atoms with Crippen molar-refractivity contribution in [3.8, 4) is 11.1 Å². The number of likely N-dealkylation sites (tertiary alicyclic amines) is 1. The summed E-state index contributed by atoms with van der Waals surface area (Å²) < 4.78 is 10.2. The van der Waals surface area contributed by atoms with E-state index in [1.54, 1.807) is 6.92 Å². The molecule has 2 aromatic rings. The second kappa shape index (κ2) is 17.3. The van der Waals surface area contributed by atoms with Gasteiger partial charge >= 0.3 is 11.9 Å². The highest BCUT2D eigenvalue weighted by Gasteiger charge is 2.53. The van der Waals surface area contributed by atoms with E-state index in [0.29, 0.717) is 24.8 Å². The van der Waals surface area contributed by atoms with E-state index in [2.05, 4.69) is 53.8 Å². The average molecular weight is 775 g/mol.